The molecule has 7 heteroatoms. The Morgan fingerprint density at radius 3 is 2.75 bits per heavy atom. The molecule has 3 aliphatic heterocycles. The number of ether oxygens (including phenoxy) is 4. The average molecular weight is 391 g/mol. The predicted octanol–water partition coefficient (Wildman–Crippen LogP) is 2.29. The number of carbonyl (C=O) groups is 1. The van der Waals surface area contributed by atoms with Crippen LogP contribution in [0.3, 0.4) is 0 Å². The second-order valence-corrected chi connectivity index (χ2v) is 7.58. The lowest BCUT2D eigenvalue weighted by atomic mass is 9.85. The summed E-state index contributed by atoms with van der Waals surface area (Å²) in [6.07, 6.45) is 3.03. The molecule has 3 fully saturated rings. The van der Waals surface area contributed by atoms with Gasteiger partial charge in [0.2, 0.25) is 0 Å². The second-order valence-electron chi connectivity index (χ2n) is 7.58. The maximum atomic E-state index is 12.6. The normalized spacial score (nSPS) is 29.5. The van der Waals surface area contributed by atoms with Gasteiger partial charge < -0.3 is 18.9 Å². The van der Waals surface area contributed by atoms with E-state index in [1.54, 1.807) is 0 Å². The van der Waals surface area contributed by atoms with Crippen molar-refractivity contribution in [1.82, 2.24) is 5.06 Å². The van der Waals surface area contributed by atoms with Gasteiger partial charge in [0.05, 0.1) is 39.6 Å². The van der Waals surface area contributed by atoms with E-state index in [4.69, 9.17) is 23.8 Å². The van der Waals surface area contributed by atoms with Crippen molar-refractivity contribution in [2.24, 2.45) is 5.92 Å². The van der Waals surface area contributed by atoms with Crippen LogP contribution in [0.25, 0.3) is 0 Å². The van der Waals surface area contributed by atoms with Crippen LogP contribution in [0, 0.1) is 5.92 Å². The summed E-state index contributed by atoms with van der Waals surface area (Å²) in [6.45, 7) is 2.76. The Balaban J connectivity index is 1.45. The van der Waals surface area contributed by atoms with E-state index >= 15 is 0 Å². The quantitative estimate of drug-likeness (QED) is 0.522. The van der Waals surface area contributed by atoms with E-state index in [0.717, 1.165) is 31.4 Å². The third-order valence-corrected chi connectivity index (χ3v) is 5.88. The molecule has 3 heterocycles. The van der Waals surface area contributed by atoms with Gasteiger partial charge in [-0.05, 0) is 18.4 Å². The van der Waals surface area contributed by atoms with Crippen LogP contribution in [0.2, 0.25) is 0 Å². The molecule has 0 spiro atoms. The van der Waals surface area contributed by atoms with E-state index in [1.165, 1.54) is 7.11 Å². The molecule has 28 heavy (non-hydrogen) atoms. The van der Waals surface area contributed by atoms with Gasteiger partial charge in [-0.15, -0.1) is 0 Å². The molecule has 0 aliphatic carbocycles. The maximum Gasteiger partial charge on any atom is 0.313 e. The lowest BCUT2D eigenvalue weighted by Gasteiger charge is -2.34. The van der Waals surface area contributed by atoms with Crippen LogP contribution in [0.5, 0.6) is 0 Å². The summed E-state index contributed by atoms with van der Waals surface area (Å²) >= 11 is 0. The molecule has 0 N–H and O–H groups in total. The van der Waals surface area contributed by atoms with Crippen molar-refractivity contribution in [3.63, 3.8) is 0 Å². The molecule has 1 aromatic carbocycles. The van der Waals surface area contributed by atoms with Crippen molar-refractivity contribution in [2.45, 2.75) is 50.2 Å². The molecule has 0 bridgehead atoms. The van der Waals surface area contributed by atoms with E-state index in [-0.39, 0.29) is 12.0 Å². The van der Waals surface area contributed by atoms with Crippen LogP contribution in [-0.2, 0) is 35.2 Å². The molecule has 1 aromatic rings. The van der Waals surface area contributed by atoms with Crippen LogP contribution in [-0.4, -0.2) is 62.4 Å². The summed E-state index contributed by atoms with van der Waals surface area (Å²) in [4.78, 5) is 18.9. The van der Waals surface area contributed by atoms with Crippen molar-refractivity contribution < 1.29 is 28.6 Å². The first-order chi connectivity index (χ1) is 13.7. The van der Waals surface area contributed by atoms with Gasteiger partial charge in [0.25, 0.3) is 0 Å². The number of hydroxylamine groups is 2. The first kappa shape index (κ1) is 19.8. The Hall–Kier alpha value is -1.51. The monoisotopic (exact) mass is 391 g/mol. The fourth-order valence-electron chi connectivity index (χ4n) is 4.50. The van der Waals surface area contributed by atoms with Crippen molar-refractivity contribution in [2.75, 3.05) is 33.5 Å². The smallest absolute Gasteiger partial charge is 0.313 e. The van der Waals surface area contributed by atoms with E-state index in [2.05, 4.69) is 0 Å². The van der Waals surface area contributed by atoms with Crippen LogP contribution in [0.1, 0.15) is 31.2 Å². The highest BCUT2D eigenvalue weighted by atomic mass is 16.8. The van der Waals surface area contributed by atoms with E-state index in [9.17, 15) is 4.79 Å². The highest BCUT2D eigenvalue weighted by Gasteiger charge is 2.59. The molecule has 0 unspecified atom stereocenters. The molecule has 0 amide bonds. The molecule has 0 aromatic heterocycles. The molecule has 7 nitrogen and oxygen atoms in total. The van der Waals surface area contributed by atoms with Crippen molar-refractivity contribution in [1.29, 1.82) is 0 Å². The topological polar surface area (TPSA) is 66.5 Å². The van der Waals surface area contributed by atoms with Crippen LogP contribution < -0.4 is 0 Å². The summed E-state index contributed by atoms with van der Waals surface area (Å²) in [5.41, 5.74) is 1.12. The molecule has 0 saturated carbocycles. The zero-order chi connectivity index (χ0) is 19.4. The number of nitrogens with zero attached hydrogens (tertiary/aromatic N) is 1. The minimum Gasteiger partial charge on any atom is -0.469 e. The van der Waals surface area contributed by atoms with Gasteiger partial charge in [-0.3, -0.25) is 9.63 Å². The number of hydrogen-bond donors (Lipinski definition) is 0. The summed E-state index contributed by atoms with van der Waals surface area (Å²) in [6, 6.07) is 10.0. The fourth-order valence-corrected chi connectivity index (χ4v) is 4.50. The number of rotatable bonds is 7. The number of hydrogen-bond acceptors (Lipinski definition) is 7. The Morgan fingerprint density at radius 2 is 2.00 bits per heavy atom. The number of methoxy groups -OCH3 is 1. The third-order valence-electron chi connectivity index (χ3n) is 5.88. The number of fused-ring (bicyclic) bond motifs is 1. The molecule has 3 aliphatic rings. The third kappa shape index (κ3) is 3.95. The van der Waals surface area contributed by atoms with E-state index < -0.39 is 17.8 Å². The molecule has 0 radical (unpaired) electrons. The van der Waals surface area contributed by atoms with Crippen LogP contribution in [0.15, 0.2) is 30.3 Å². The largest absolute Gasteiger partial charge is 0.469 e. The van der Waals surface area contributed by atoms with Gasteiger partial charge in [0.1, 0.15) is 12.0 Å². The summed E-state index contributed by atoms with van der Waals surface area (Å²) in [7, 11) is 1.43. The Labute approximate surface area is 165 Å². The summed E-state index contributed by atoms with van der Waals surface area (Å²) in [5.74, 6) is -1.66. The molecule has 4 rings (SSSR count). The van der Waals surface area contributed by atoms with Crippen molar-refractivity contribution in [3.8, 4) is 0 Å². The summed E-state index contributed by atoms with van der Waals surface area (Å²) in [5, 5.41) is 1.94. The molecule has 3 atom stereocenters. The zero-order valence-corrected chi connectivity index (χ0v) is 16.4. The number of esters is 1. The number of benzene rings is 1. The molecule has 3 saturated heterocycles. The minimum atomic E-state index is -0.979. The number of piperidine rings is 1. The SMILES string of the molecule is COC(=O)[C@H]1[C@H]2CCCCN2O[C@@H]1C1(CCOCc2ccccc2)OCCO1. The van der Waals surface area contributed by atoms with Gasteiger partial charge in [0, 0.05) is 13.0 Å². The average Bonchev–Trinajstić information content (AvgIpc) is 3.37. The first-order valence-electron chi connectivity index (χ1n) is 10.1. The fraction of sp³-hybridized carbons (Fsp3) is 0.667. The molecular weight excluding hydrogens is 362 g/mol. The highest BCUT2D eigenvalue weighted by Crippen LogP contribution is 2.43. The highest BCUT2D eigenvalue weighted by molar-refractivity contribution is 5.74. The van der Waals surface area contributed by atoms with Gasteiger partial charge in [-0.2, -0.15) is 5.06 Å². The van der Waals surface area contributed by atoms with Crippen molar-refractivity contribution >= 4 is 5.97 Å². The Kier molecular flexibility index (Phi) is 6.28. The van der Waals surface area contributed by atoms with Crippen LogP contribution in [0.4, 0.5) is 0 Å². The van der Waals surface area contributed by atoms with Gasteiger partial charge in [-0.1, -0.05) is 36.8 Å². The van der Waals surface area contributed by atoms with Gasteiger partial charge in [0.15, 0.2) is 5.79 Å². The Bertz CT molecular complexity index is 648. The minimum absolute atomic E-state index is 0.0149. The second kappa shape index (κ2) is 8.88. The lowest BCUT2D eigenvalue weighted by molar-refractivity contribution is -0.285. The van der Waals surface area contributed by atoms with Gasteiger partial charge in [-0.25, -0.2) is 0 Å². The molecular formula is C21H29NO6. The number of carbonyl (C=O) groups excluding carboxylic acids is 1. The first-order valence-corrected chi connectivity index (χ1v) is 10.1. The zero-order valence-electron chi connectivity index (χ0n) is 16.4. The lowest BCUT2D eigenvalue weighted by Crippen LogP contribution is -2.51. The maximum absolute atomic E-state index is 12.6. The summed E-state index contributed by atoms with van der Waals surface area (Å²) < 4.78 is 23.1. The molecule has 154 valence electrons. The predicted molar refractivity (Wildman–Crippen MR) is 100 cm³/mol. The van der Waals surface area contributed by atoms with Gasteiger partial charge >= 0.3 is 5.97 Å². The van der Waals surface area contributed by atoms with Crippen LogP contribution >= 0.6 is 0 Å². The van der Waals surface area contributed by atoms with E-state index in [1.807, 2.05) is 35.4 Å². The Morgan fingerprint density at radius 1 is 1.21 bits per heavy atom. The standard InChI is InChI=1S/C21H29NO6/c1-24-20(23)18-17-9-5-6-11-22(17)28-19(18)21(26-13-14-27-21)10-12-25-15-16-7-3-2-4-8-16/h2-4,7-8,17-19H,5-6,9-15H2,1H3/t17-,18+,19+/m1/s1. The van der Waals surface area contributed by atoms with E-state index in [0.29, 0.717) is 32.8 Å². The van der Waals surface area contributed by atoms with Crippen molar-refractivity contribution in [3.05, 3.63) is 35.9 Å².